The number of piperidine rings is 1. The van der Waals surface area contributed by atoms with E-state index in [-0.39, 0.29) is 6.04 Å². The van der Waals surface area contributed by atoms with E-state index in [4.69, 9.17) is 19.9 Å². The average molecular weight is 280 g/mol. The minimum Gasteiger partial charge on any atom is -0.493 e. The maximum Gasteiger partial charge on any atom is 0.203 e. The van der Waals surface area contributed by atoms with E-state index in [1.54, 1.807) is 21.3 Å². The first-order chi connectivity index (χ1) is 9.69. The van der Waals surface area contributed by atoms with Crippen molar-refractivity contribution in [2.45, 2.75) is 25.4 Å². The lowest BCUT2D eigenvalue weighted by Crippen LogP contribution is -2.42. The lowest BCUT2D eigenvalue weighted by Gasteiger charge is -2.31. The van der Waals surface area contributed by atoms with E-state index >= 15 is 0 Å². The Bertz CT molecular complexity index is 451. The summed E-state index contributed by atoms with van der Waals surface area (Å²) in [7, 11) is 4.91. The summed E-state index contributed by atoms with van der Waals surface area (Å²) in [5.74, 6) is 2.07. The molecule has 0 spiro atoms. The highest BCUT2D eigenvalue weighted by molar-refractivity contribution is 5.55. The van der Waals surface area contributed by atoms with Gasteiger partial charge in [0, 0.05) is 24.7 Å². The van der Waals surface area contributed by atoms with E-state index in [1.807, 2.05) is 12.1 Å². The largest absolute Gasteiger partial charge is 0.493 e. The number of hydrogen-bond donors (Lipinski definition) is 1. The Morgan fingerprint density at radius 3 is 2.50 bits per heavy atom. The van der Waals surface area contributed by atoms with Crippen molar-refractivity contribution in [2.24, 2.45) is 5.73 Å². The van der Waals surface area contributed by atoms with Crippen LogP contribution < -0.4 is 19.9 Å². The Labute approximate surface area is 120 Å². The topological polar surface area (TPSA) is 57.0 Å². The highest BCUT2D eigenvalue weighted by atomic mass is 16.5. The van der Waals surface area contributed by atoms with E-state index in [0.717, 1.165) is 43.8 Å². The first kappa shape index (κ1) is 14.9. The van der Waals surface area contributed by atoms with Crippen LogP contribution in [0.4, 0.5) is 0 Å². The van der Waals surface area contributed by atoms with Crippen molar-refractivity contribution < 1.29 is 14.2 Å². The number of likely N-dealkylation sites (tertiary alicyclic amines) is 1. The van der Waals surface area contributed by atoms with Crippen LogP contribution in [-0.2, 0) is 6.54 Å². The van der Waals surface area contributed by atoms with Gasteiger partial charge in [0.25, 0.3) is 0 Å². The number of rotatable bonds is 5. The van der Waals surface area contributed by atoms with Gasteiger partial charge in [0.05, 0.1) is 21.3 Å². The molecule has 1 aromatic rings. The number of nitrogens with two attached hydrogens (primary N) is 1. The number of benzene rings is 1. The molecule has 1 unspecified atom stereocenters. The first-order valence-electron chi connectivity index (χ1n) is 6.95. The van der Waals surface area contributed by atoms with Gasteiger partial charge in [-0.1, -0.05) is 6.07 Å². The summed E-state index contributed by atoms with van der Waals surface area (Å²) in [6.07, 6.45) is 2.26. The Kier molecular flexibility index (Phi) is 5.09. The predicted molar refractivity (Wildman–Crippen MR) is 78.6 cm³/mol. The molecular weight excluding hydrogens is 256 g/mol. The van der Waals surface area contributed by atoms with Gasteiger partial charge in [0.2, 0.25) is 5.75 Å². The van der Waals surface area contributed by atoms with Crippen LogP contribution >= 0.6 is 0 Å². The molecule has 0 bridgehead atoms. The van der Waals surface area contributed by atoms with Gasteiger partial charge in [-0.05, 0) is 25.5 Å². The molecule has 1 fully saturated rings. The molecule has 0 amide bonds. The summed E-state index contributed by atoms with van der Waals surface area (Å²) in [6, 6.07) is 4.22. The van der Waals surface area contributed by atoms with Crippen LogP contribution in [0.2, 0.25) is 0 Å². The van der Waals surface area contributed by atoms with E-state index in [9.17, 15) is 0 Å². The third kappa shape index (κ3) is 3.16. The van der Waals surface area contributed by atoms with Crippen LogP contribution in [-0.4, -0.2) is 45.4 Å². The predicted octanol–water partition coefficient (Wildman–Crippen LogP) is 1.64. The molecule has 0 radical (unpaired) electrons. The van der Waals surface area contributed by atoms with Gasteiger partial charge < -0.3 is 19.9 Å². The standard InChI is InChI=1S/C15H24N2O3/c1-18-13-7-6-11(14(19-2)15(13)20-3)9-17-8-4-5-12(16)10-17/h6-7,12H,4-5,8-10,16H2,1-3H3. The lowest BCUT2D eigenvalue weighted by molar-refractivity contribution is 0.198. The van der Waals surface area contributed by atoms with Crippen molar-refractivity contribution in [3.05, 3.63) is 17.7 Å². The van der Waals surface area contributed by atoms with Crippen LogP contribution in [0.5, 0.6) is 17.2 Å². The molecular formula is C15H24N2O3. The van der Waals surface area contributed by atoms with Crippen LogP contribution in [0.15, 0.2) is 12.1 Å². The molecule has 0 saturated carbocycles. The molecule has 5 heteroatoms. The van der Waals surface area contributed by atoms with Crippen LogP contribution in [0.1, 0.15) is 18.4 Å². The van der Waals surface area contributed by atoms with Gasteiger partial charge >= 0.3 is 0 Å². The number of ether oxygens (including phenoxy) is 3. The van der Waals surface area contributed by atoms with Gasteiger partial charge in [-0.2, -0.15) is 0 Å². The highest BCUT2D eigenvalue weighted by Gasteiger charge is 2.21. The summed E-state index contributed by atoms with van der Waals surface area (Å²) in [5.41, 5.74) is 7.13. The third-order valence-electron chi connectivity index (χ3n) is 3.72. The normalized spacial score (nSPS) is 19.7. The van der Waals surface area contributed by atoms with Crippen LogP contribution in [0.25, 0.3) is 0 Å². The summed E-state index contributed by atoms with van der Waals surface area (Å²) in [4.78, 5) is 2.36. The summed E-state index contributed by atoms with van der Waals surface area (Å²) >= 11 is 0. The molecule has 2 rings (SSSR count). The van der Waals surface area contributed by atoms with Gasteiger partial charge in [0.1, 0.15) is 0 Å². The van der Waals surface area contributed by atoms with E-state index in [2.05, 4.69) is 4.90 Å². The van der Waals surface area contributed by atoms with Gasteiger partial charge in [-0.15, -0.1) is 0 Å². The fourth-order valence-corrected chi connectivity index (χ4v) is 2.76. The van der Waals surface area contributed by atoms with E-state index in [1.165, 1.54) is 0 Å². The molecule has 2 N–H and O–H groups in total. The zero-order valence-corrected chi connectivity index (χ0v) is 12.5. The van der Waals surface area contributed by atoms with E-state index < -0.39 is 0 Å². The fourth-order valence-electron chi connectivity index (χ4n) is 2.76. The molecule has 1 atom stereocenters. The summed E-state index contributed by atoms with van der Waals surface area (Å²) < 4.78 is 16.2. The zero-order chi connectivity index (χ0) is 14.5. The monoisotopic (exact) mass is 280 g/mol. The van der Waals surface area contributed by atoms with Crippen molar-refractivity contribution in [1.29, 1.82) is 0 Å². The second-order valence-electron chi connectivity index (χ2n) is 5.13. The molecule has 1 aromatic carbocycles. The molecule has 112 valence electrons. The second-order valence-corrected chi connectivity index (χ2v) is 5.13. The lowest BCUT2D eigenvalue weighted by atomic mass is 10.1. The maximum atomic E-state index is 6.03. The minimum absolute atomic E-state index is 0.273. The van der Waals surface area contributed by atoms with Crippen molar-refractivity contribution in [3.8, 4) is 17.2 Å². The van der Waals surface area contributed by atoms with Crippen molar-refractivity contribution in [3.63, 3.8) is 0 Å². The van der Waals surface area contributed by atoms with Gasteiger partial charge in [-0.3, -0.25) is 4.90 Å². The first-order valence-corrected chi connectivity index (χ1v) is 6.95. The Balaban J connectivity index is 2.22. The number of methoxy groups -OCH3 is 3. The van der Waals surface area contributed by atoms with Crippen molar-refractivity contribution in [1.82, 2.24) is 4.90 Å². The zero-order valence-electron chi connectivity index (χ0n) is 12.5. The minimum atomic E-state index is 0.273. The number of hydrogen-bond acceptors (Lipinski definition) is 5. The van der Waals surface area contributed by atoms with Gasteiger partial charge in [-0.25, -0.2) is 0 Å². The highest BCUT2D eigenvalue weighted by Crippen LogP contribution is 2.40. The van der Waals surface area contributed by atoms with Crippen molar-refractivity contribution in [2.75, 3.05) is 34.4 Å². The third-order valence-corrected chi connectivity index (χ3v) is 3.72. The van der Waals surface area contributed by atoms with Crippen LogP contribution in [0, 0.1) is 0 Å². The quantitative estimate of drug-likeness (QED) is 0.888. The molecule has 1 aliphatic heterocycles. The maximum absolute atomic E-state index is 6.03. The SMILES string of the molecule is COc1ccc(CN2CCCC(N)C2)c(OC)c1OC. The molecule has 1 saturated heterocycles. The fraction of sp³-hybridized carbons (Fsp3) is 0.600. The number of nitrogens with zero attached hydrogens (tertiary/aromatic N) is 1. The van der Waals surface area contributed by atoms with Crippen LogP contribution in [0.3, 0.4) is 0 Å². The molecule has 0 aliphatic carbocycles. The summed E-state index contributed by atoms with van der Waals surface area (Å²) in [5, 5.41) is 0. The molecule has 20 heavy (non-hydrogen) atoms. The molecule has 5 nitrogen and oxygen atoms in total. The average Bonchev–Trinajstić information content (AvgIpc) is 2.46. The van der Waals surface area contributed by atoms with Crippen molar-refractivity contribution >= 4 is 0 Å². The second kappa shape index (κ2) is 6.81. The van der Waals surface area contributed by atoms with Gasteiger partial charge in [0.15, 0.2) is 11.5 Å². The molecule has 1 heterocycles. The Hall–Kier alpha value is -1.46. The smallest absolute Gasteiger partial charge is 0.203 e. The summed E-state index contributed by atoms with van der Waals surface area (Å²) in [6.45, 7) is 2.82. The Morgan fingerprint density at radius 2 is 1.90 bits per heavy atom. The molecule has 0 aromatic heterocycles. The Morgan fingerprint density at radius 1 is 1.15 bits per heavy atom. The van der Waals surface area contributed by atoms with E-state index in [0.29, 0.717) is 11.5 Å². The molecule has 1 aliphatic rings.